The molecule has 0 atom stereocenters. The Balaban J connectivity index is 1.86. The number of ether oxygens (including phenoxy) is 2. The van der Waals surface area contributed by atoms with Crippen molar-refractivity contribution in [3.05, 3.63) is 65.7 Å². The van der Waals surface area contributed by atoms with Crippen molar-refractivity contribution in [2.75, 3.05) is 13.7 Å². The van der Waals surface area contributed by atoms with Gasteiger partial charge in [0.05, 0.1) is 13.3 Å². The van der Waals surface area contributed by atoms with Crippen LogP contribution in [0.25, 0.3) is 6.08 Å². The highest BCUT2D eigenvalue weighted by Gasteiger charge is 2.02. The molecule has 0 spiro atoms. The van der Waals surface area contributed by atoms with Crippen molar-refractivity contribution in [1.29, 1.82) is 0 Å². The zero-order chi connectivity index (χ0) is 20.0. The van der Waals surface area contributed by atoms with Crippen LogP contribution in [0.5, 0.6) is 11.5 Å². The van der Waals surface area contributed by atoms with Gasteiger partial charge >= 0.3 is 0 Å². The Morgan fingerprint density at radius 2 is 1.75 bits per heavy atom. The lowest BCUT2D eigenvalue weighted by molar-refractivity contribution is -0.123. The van der Waals surface area contributed by atoms with Crippen molar-refractivity contribution < 1.29 is 14.3 Å². The Labute approximate surface area is 167 Å². The van der Waals surface area contributed by atoms with Crippen LogP contribution >= 0.6 is 0 Å². The predicted octanol–water partition coefficient (Wildman–Crippen LogP) is 4.84. The zero-order valence-electron chi connectivity index (χ0n) is 16.6. The van der Waals surface area contributed by atoms with E-state index in [0.717, 1.165) is 36.1 Å². The molecule has 1 N–H and O–H groups in total. The number of hydrazone groups is 1. The number of amides is 1. The van der Waals surface area contributed by atoms with Crippen LogP contribution in [0.4, 0.5) is 0 Å². The van der Waals surface area contributed by atoms with E-state index < -0.39 is 0 Å². The molecule has 0 saturated carbocycles. The summed E-state index contributed by atoms with van der Waals surface area (Å²) in [6.45, 7) is 2.08. The monoisotopic (exact) mass is 380 g/mol. The van der Waals surface area contributed by atoms with E-state index in [1.807, 2.05) is 18.2 Å². The first-order valence-corrected chi connectivity index (χ1v) is 9.55. The Morgan fingerprint density at radius 1 is 1.04 bits per heavy atom. The van der Waals surface area contributed by atoms with Crippen LogP contribution in [0.3, 0.4) is 0 Å². The van der Waals surface area contributed by atoms with Crippen molar-refractivity contribution in [3.8, 4) is 11.5 Å². The minimum absolute atomic E-state index is 0.1000. The van der Waals surface area contributed by atoms with Gasteiger partial charge in [-0.15, -0.1) is 0 Å². The molecular formula is C23H28N2O3. The van der Waals surface area contributed by atoms with Crippen molar-refractivity contribution in [1.82, 2.24) is 5.43 Å². The second kappa shape index (κ2) is 12.3. The third-order valence-electron chi connectivity index (χ3n) is 4.07. The Hall–Kier alpha value is -3.08. The van der Waals surface area contributed by atoms with Gasteiger partial charge in [0.15, 0.2) is 6.61 Å². The number of carbonyl (C=O) groups excluding carboxylic acids is 1. The third kappa shape index (κ3) is 8.08. The van der Waals surface area contributed by atoms with E-state index in [0.29, 0.717) is 5.75 Å². The average molecular weight is 380 g/mol. The summed E-state index contributed by atoms with van der Waals surface area (Å²) in [7, 11) is 1.60. The van der Waals surface area contributed by atoms with Crippen molar-refractivity contribution in [2.24, 2.45) is 5.10 Å². The molecule has 0 fully saturated rings. The molecule has 0 aliphatic rings. The molecule has 0 aromatic heterocycles. The number of benzene rings is 2. The van der Waals surface area contributed by atoms with E-state index >= 15 is 0 Å². The van der Waals surface area contributed by atoms with E-state index in [9.17, 15) is 4.79 Å². The van der Waals surface area contributed by atoms with Gasteiger partial charge < -0.3 is 9.47 Å². The minimum Gasteiger partial charge on any atom is -0.497 e. The number of hydrogen-bond donors (Lipinski definition) is 1. The minimum atomic E-state index is -0.306. The molecule has 0 bridgehead atoms. The number of nitrogens with zero attached hydrogens (tertiary/aromatic N) is 1. The molecule has 28 heavy (non-hydrogen) atoms. The Kier molecular flexibility index (Phi) is 9.35. The quantitative estimate of drug-likeness (QED) is 0.345. The molecule has 0 radical (unpaired) electrons. The number of methoxy groups -OCH3 is 1. The van der Waals surface area contributed by atoms with Gasteiger partial charge in [0.25, 0.3) is 5.91 Å². The van der Waals surface area contributed by atoms with Crippen LogP contribution in [0.2, 0.25) is 0 Å². The molecule has 5 nitrogen and oxygen atoms in total. The smallest absolute Gasteiger partial charge is 0.277 e. The van der Waals surface area contributed by atoms with E-state index in [-0.39, 0.29) is 12.5 Å². The van der Waals surface area contributed by atoms with Crippen molar-refractivity contribution >= 4 is 18.2 Å². The van der Waals surface area contributed by atoms with E-state index in [4.69, 9.17) is 9.47 Å². The van der Waals surface area contributed by atoms with Crippen LogP contribution in [-0.2, 0) is 4.79 Å². The lowest BCUT2D eigenvalue weighted by atomic mass is 10.1. The van der Waals surface area contributed by atoms with Crippen LogP contribution in [-0.4, -0.2) is 25.8 Å². The summed E-state index contributed by atoms with van der Waals surface area (Å²) in [6.07, 6.45) is 8.16. The van der Waals surface area contributed by atoms with Crippen molar-refractivity contribution in [2.45, 2.75) is 32.6 Å². The van der Waals surface area contributed by atoms with Gasteiger partial charge in [-0.3, -0.25) is 4.79 Å². The van der Waals surface area contributed by atoms with Crippen LogP contribution in [0.1, 0.15) is 38.2 Å². The summed E-state index contributed by atoms with van der Waals surface area (Å²) in [5.41, 5.74) is 4.72. The number of hydrogen-bond acceptors (Lipinski definition) is 4. The van der Waals surface area contributed by atoms with Crippen LogP contribution in [0, 0.1) is 0 Å². The van der Waals surface area contributed by atoms with Gasteiger partial charge in [-0.05, 0) is 48.2 Å². The third-order valence-corrected chi connectivity index (χ3v) is 4.07. The summed E-state index contributed by atoms with van der Waals surface area (Å²) < 4.78 is 10.5. The van der Waals surface area contributed by atoms with E-state index in [1.165, 1.54) is 6.42 Å². The number of carbonyl (C=O) groups is 1. The zero-order valence-corrected chi connectivity index (χ0v) is 16.6. The maximum Gasteiger partial charge on any atom is 0.277 e. The fraction of sp³-hybridized carbons (Fsp3) is 0.304. The van der Waals surface area contributed by atoms with E-state index in [1.54, 1.807) is 37.6 Å². The SMILES string of the molecule is CCCCCC(=C/c1ccccc1)/C=N/NC(=O)COc1ccc(OC)cc1. The molecule has 0 unspecified atom stereocenters. The van der Waals surface area contributed by atoms with Gasteiger partial charge in [0.2, 0.25) is 0 Å². The second-order valence-electron chi connectivity index (χ2n) is 6.34. The van der Waals surface area contributed by atoms with Crippen molar-refractivity contribution in [3.63, 3.8) is 0 Å². The maximum absolute atomic E-state index is 11.9. The van der Waals surface area contributed by atoms with Gasteiger partial charge in [-0.2, -0.15) is 5.10 Å². The molecule has 0 aliphatic carbocycles. The molecule has 2 aromatic rings. The first-order valence-electron chi connectivity index (χ1n) is 9.55. The fourth-order valence-electron chi connectivity index (χ4n) is 2.56. The molecule has 2 rings (SSSR count). The van der Waals surface area contributed by atoms with Crippen LogP contribution < -0.4 is 14.9 Å². The summed E-state index contributed by atoms with van der Waals surface area (Å²) in [5, 5.41) is 4.09. The topological polar surface area (TPSA) is 59.9 Å². The number of nitrogens with one attached hydrogen (secondary N) is 1. The molecule has 0 heterocycles. The first-order chi connectivity index (χ1) is 13.7. The lowest BCUT2D eigenvalue weighted by Crippen LogP contribution is -2.24. The molecular weight excluding hydrogens is 352 g/mol. The van der Waals surface area contributed by atoms with Gasteiger partial charge in [0, 0.05) is 0 Å². The molecule has 0 aliphatic heterocycles. The summed E-state index contributed by atoms with van der Waals surface area (Å²) in [4.78, 5) is 11.9. The number of allylic oxidation sites excluding steroid dienone is 1. The molecule has 5 heteroatoms. The molecule has 148 valence electrons. The summed E-state index contributed by atoms with van der Waals surface area (Å²) in [6, 6.07) is 17.2. The predicted molar refractivity (Wildman–Crippen MR) is 114 cm³/mol. The van der Waals surface area contributed by atoms with E-state index in [2.05, 4.69) is 35.7 Å². The first kappa shape index (κ1) is 21.2. The average Bonchev–Trinajstić information content (AvgIpc) is 2.73. The second-order valence-corrected chi connectivity index (χ2v) is 6.34. The molecule has 0 saturated heterocycles. The highest BCUT2D eigenvalue weighted by atomic mass is 16.5. The number of rotatable bonds is 11. The Bertz CT molecular complexity index is 768. The lowest BCUT2D eigenvalue weighted by Gasteiger charge is -2.06. The normalized spacial score (nSPS) is 11.4. The fourth-order valence-corrected chi connectivity index (χ4v) is 2.56. The molecule has 1 amide bonds. The Morgan fingerprint density at radius 3 is 2.43 bits per heavy atom. The highest BCUT2D eigenvalue weighted by Crippen LogP contribution is 2.16. The van der Waals surface area contributed by atoms with Gasteiger partial charge in [-0.1, -0.05) is 56.2 Å². The maximum atomic E-state index is 11.9. The number of unbranched alkanes of at least 4 members (excludes halogenated alkanes) is 2. The molecule has 2 aromatic carbocycles. The summed E-state index contributed by atoms with van der Waals surface area (Å²) in [5.74, 6) is 1.03. The van der Waals surface area contributed by atoms with Crippen LogP contribution in [0.15, 0.2) is 65.3 Å². The standard InChI is InChI=1S/C23H28N2O3/c1-3-4-6-11-20(16-19-9-7-5-8-10-19)17-24-25-23(26)18-28-22-14-12-21(27-2)13-15-22/h5,7-10,12-17H,3-4,6,11,18H2,1-2H3,(H,25,26)/b20-16-,24-17+. The highest BCUT2D eigenvalue weighted by molar-refractivity contribution is 5.87. The van der Waals surface area contributed by atoms with Gasteiger partial charge in [0.1, 0.15) is 11.5 Å². The largest absolute Gasteiger partial charge is 0.497 e. The van der Waals surface area contributed by atoms with Gasteiger partial charge in [-0.25, -0.2) is 5.43 Å². The summed E-state index contributed by atoms with van der Waals surface area (Å²) >= 11 is 0.